The topological polar surface area (TPSA) is 234 Å². The van der Waals surface area contributed by atoms with Gasteiger partial charge >= 0.3 is 0 Å². The molecule has 1 heterocycles. The number of fused-ring (bicyclic) bond motifs is 1. The molecule has 0 aromatic heterocycles. The normalized spacial score (nSPS) is 17.4. The van der Waals surface area contributed by atoms with Crippen LogP contribution in [0.5, 0.6) is 0 Å². The molecule has 0 saturated carbocycles. The zero-order chi connectivity index (χ0) is 24.0. The van der Waals surface area contributed by atoms with E-state index in [1.54, 1.807) is 0 Å². The summed E-state index contributed by atoms with van der Waals surface area (Å²) in [7, 11) is -8.48. The van der Waals surface area contributed by atoms with Crippen molar-refractivity contribution < 1.29 is 31.3 Å². The van der Waals surface area contributed by atoms with E-state index in [-0.39, 0.29) is 23.6 Å². The van der Waals surface area contributed by atoms with Gasteiger partial charge in [-0.15, -0.1) is 14.7 Å². The minimum absolute atomic E-state index is 0.000764. The number of nitrogens with zero attached hydrogens (tertiary/aromatic N) is 3. The Morgan fingerprint density at radius 1 is 1.06 bits per heavy atom. The quantitative estimate of drug-likeness (QED) is 0.245. The van der Waals surface area contributed by atoms with Gasteiger partial charge in [0.2, 0.25) is 20.0 Å². The van der Waals surface area contributed by atoms with Crippen LogP contribution in [0.4, 0.5) is 5.69 Å². The molecule has 1 unspecified atom stereocenters. The van der Waals surface area contributed by atoms with Crippen LogP contribution >= 0.6 is 11.6 Å². The van der Waals surface area contributed by atoms with Crippen molar-refractivity contribution in [2.45, 2.75) is 28.8 Å². The molecule has 1 aliphatic heterocycles. The number of rotatable bonds is 13. The number of primary sulfonamides is 1. The second kappa shape index (κ2) is 10.3. The zero-order valence-electron chi connectivity index (χ0n) is 16.0. The number of benzene rings is 1. The van der Waals surface area contributed by atoms with Crippen LogP contribution in [0.3, 0.4) is 0 Å². The summed E-state index contributed by atoms with van der Waals surface area (Å²) in [4.78, 5) is 43.5. The smallest absolute Gasteiger partial charge is 0.244 e. The maximum atomic E-state index is 12.6. The molecule has 32 heavy (non-hydrogen) atoms. The average molecular weight is 517 g/mol. The number of anilines is 1. The van der Waals surface area contributed by atoms with E-state index < -0.39 is 61.2 Å². The first-order valence-corrected chi connectivity index (χ1v) is 11.9. The zero-order valence-corrected chi connectivity index (χ0v) is 18.4. The van der Waals surface area contributed by atoms with Crippen molar-refractivity contribution in [2.24, 2.45) is 26.6 Å². The van der Waals surface area contributed by atoms with E-state index in [0.29, 0.717) is 0 Å². The Balaban J connectivity index is 2.29. The van der Waals surface area contributed by atoms with Crippen LogP contribution < -0.4 is 15.2 Å². The molecule has 19 heteroatoms. The number of hydrogen-bond acceptors (Lipinski definition) is 14. The molecular formula is C13H17ClN6O10S2. The van der Waals surface area contributed by atoms with Crippen LogP contribution in [0, 0.1) is 20.1 Å². The minimum Gasteiger partial charge on any atom is -0.368 e. The second-order valence-electron chi connectivity index (χ2n) is 6.72. The lowest BCUT2D eigenvalue weighted by atomic mass is 9.85. The Hall–Kier alpha value is -2.67. The van der Waals surface area contributed by atoms with Crippen LogP contribution in [0.15, 0.2) is 37.9 Å². The summed E-state index contributed by atoms with van der Waals surface area (Å²) in [5, 5.41) is 14.3. The summed E-state index contributed by atoms with van der Waals surface area (Å²) in [6.45, 7) is -1.41. The highest BCUT2D eigenvalue weighted by molar-refractivity contribution is 7.90. The first-order valence-electron chi connectivity index (χ1n) is 8.47. The third-order valence-electron chi connectivity index (χ3n) is 4.49. The molecule has 0 spiro atoms. The standard InChI is InChI=1S/C13H17ClN6O10S2/c14-8-3-9-11(4-10(8)31(15,24)25)32(26,27)17-12(16-9)1-2-13(5-28-18-21,6-29-19-22)7-30-20-23/h3-4,12,16-17H,1-2,5-7H2,(H2,15,24,25). The van der Waals surface area contributed by atoms with Crippen molar-refractivity contribution in [2.75, 3.05) is 25.1 Å². The van der Waals surface area contributed by atoms with Crippen molar-refractivity contribution in [3.63, 3.8) is 0 Å². The lowest BCUT2D eigenvalue weighted by Gasteiger charge is -2.33. The van der Waals surface area contributed by atoms with Gasteiger partial charge in [-0.1, -0.05) is 11.6 Å². The van der Waals surface area contributed by atoms with Crippen LogP contribution in [-0.2, 0) is 34.6 Å². The molecule has 2 rings (SSSR count). The summed E-state index contributed by atoms with van der Waals surface area (Å²) in [5.74, 6) is 0. The molecule has 1 atom stereocenters. The molecule has 178 valence electrons. The van der Waals surface area contributed by atoms with Gasteiger partial charge in [0.15, 0.2) is 16.0 Å². The van der Waals surface area contributed by atoms with E-state index in [4.69, 9.17) is 16.7 Å². The van der Waals surface area contributed by atoms with Crippen LogP contribution in [-0.4, -0.2) is 42.8 Å². The molecule has 0 fully saturated rings. The molecule has 0 radical (unpaired) electrons. The maximum Gasteiger partial charge on any atom is 0.244 e. The van der Waals surface area contributed by atoms with Crippen LogP contribution in [0.1, 0.15) is 12.8 Å². The Morgan fingerprint density at radius 3 is 2.06 bits per heavy atom. The first-order chi connectivity index (χ1) is 15.0. The maximum absolute atomic E-state index is 12.6. The van der Waals surface area contributed by atoms with Gasteiger partial charge in [-0.05, 0) is 25.0 Å². The predicted octanol–water partition coefficient (Wildman–Crippen LogP) is 0.878. The lowest BCUT2D eigenvalue weighted by molar-refractivity contribution is -0.0760. The summed E-state index contributed by atoms with van der Waals surface area (Å²) < 4.78 is 50.8. The SMILES string of the molecule is NS(=O)(=O)c1cc2c(cc1Cl)NC(CCC(CON=O)(CON=O)CON=O)NS2(=O)=O. The molecule has 16 nitrogen and oxygen atoms in total. The van der Waals surface area contributed by atoms with Crippen LogP contribution in [0.25, 0.3) is 0 Å². The molecule has 0 bridgehead atoms. The first kappa shape index (κ1) is 25.6. The molecule has 1 aliphatic rings. The second-order valence-corrected chi connectivity index (χ2v) is 10.3. The third kappa shape index (κ3) is 6.19. The Morgan fingerprint density at radius 2 is 1.59 bits per heavy atom. The predicted molar refractivity (Wildman–Crippen MR) is 107 cm³/mol. The van der Waals surface area contributed by atoms with Gasteiger partial charge in [0.25, 0.3) is 0 Å². The highest BCUT2D eigenvalue weighted by atomic mass is 35.5. The third-order valence-corrected chi connectivity index (χ3v) is 7.38. The van der Waals surface area contributed by atoms with Gasteiger partial charge < -0.3 is 19.8 Å². The molecule has 0 amide bonds. The van der Waals surface area contributed by atoms with Gasteiger partial charge in [0.1, 0.15) is 29.6 Å². The number of nitrogens with one attached hydrogen (secondary N) is 2. The van der Waals surface area contributed by atoms with Crippen molar-refractivity contribution in [3.05, 3.63) is 31.9 Å². The highest BCUT2D eigenvalue weighted by Crippen LogP contribution is 2.35. The monoisotopic (exact) mass is 516 g/mol. The summed E-state index contributed by atoms with van der Waals surface area (Å²) in [6.07, 6.45) is -1.05. The lowest BCUT2D eigenvalue weighted by Crippen LogP contribution is -2.46. The Bertz CT molecular complexity index is 1050. The molecule has 4 N–H and O–H groups in total. The van der Waals surface area contributed by atoms with Gasteiger partial charge in [0, 0.05) is 0 Å². The van der Waals surface area contributed by atoms with Gasteiger partial charge in [-0.25, -0.2) is 22.0 Å². The van der Waals surface area contributed by atoms with Crippen molar-refractivity contribution >= 4 is 37.3 Å². The summed E-state index contributed by atoms with van der Waals surface area (Å²) >= 11 is 5.92. The highest BCUT2D eigenvalue weighted by Gasteiger charge is 2.38. The molecule has 0 aliphatic carbocycles. The van der Waals surface area contributed by atoms with Gasteiger partial charge in [-0.3, -0.25) is 0 Å². The van der Waals surface area contributed by atoms with Crippen LogP contribution in [0.2, 0.25) is 5.02 Å². The van der Waals surface area contributed by atoms with Gasteiger partial charge in [0.05, 0.1) is 22.3 Å². The number of nitrogens with two attached hydrogens (primary N) is 1. The number of hydrogen-bond donors (Lipinski definition) is 3. The number of halogens is 1. The van der Waals surface area contributed by atoms with Gasteiger partial charge in [-0.2, -0.15) is 4.72 Å². The fraction of sp³-hybridized carbons (Fsp3) is 0.538. The largest absolute Gasteiger partial charge is 0.368 e. The van der Waals surface area contributed by atoms with E-state index in [1.807, 2.05) is 0 Å². The number of sulfonamides is 2. The van der Waals surface area contributed by atoms with Crippen molar-refractivity contribution in [1.29, 1.82) is 0 Å². The summed E-state index contributed by atoms with van der Waals surface area (Å²) in [5.41, 5.74) is -1.34. The molecule has 1 aromatic carbocycles. The fourth-order valence-electron chi connectivity index (χ4n) is 2.97. The van der Waals surface area contributed by atoms with E-state index in [2.05, 4.69) is 40.6 Å². The Kier molecular flexibility index (Phi) is 8.24. The molecule has 1 aromatic rings. The minimum atomic E-state index is -4.28. The fourth-order valence-corrected chi connectivity index (χ4v) is 5.50. The molecule has 0 saturated heterocycles. The van der Waals surface area contributed by atoms with E-state index in [1.165, 1.54) is 0 Å². The van der Waals surface area contributed by atoms with Crippen molar-refractivity contribution in [1.82, 2.24) is 4.72 Å². The van der Waals surface area contributed by atoms with E-state index >= 15 is 0 Å². The Labute approximate surface area is 186 Å². The summed E-state index contributed by atoms with van der Waals surface area (Å²) in [6, 6.07) is 1.91. The average Bonchev–Trinajstić information content (AvgIpc) is 2.71. The van der Waals surface area contributed by atoms with E-state index in [9.17, 15) is 31.6 Å². The van der Waals surface area contributed by atoms with E-state index in [0.717, 1.165) is 12.1 Å². The van der Waals surface area contributed by atoms with Crippen molar-refractivity contribution in [3.8, 4) is 0 Å². The molecular weight excluding hydrogens is 500 g/mol.